The second-order valence-corrected chi connectivity index (χ2v) is 3.84. The average Bonchev–Trinajstić information content (AvgIpc) is 2.30. The van der Waals surface area contributed by atoms with Crippen molar-refractivity contribution in [3.63, 3.8) is 0 Å². The van der Waals surface area contributed by atoms with E-state index < -0.39 is 5.82 Å². The van der Waals surface area contributed by atoms with Crippen molar-refractivity contribution >= 4 is 28.8 Å². The van der Waals surface area contributed by atoms with Gasteiger partial charge in [-0.15, -0.1) is 0 Å². The minimum Gasteiger partial charge on any atom is -0.389 e. The highest BCUT2D eigenvalue weighted by atomic mass is 32.1. The number of carbonyl (C=O) groups excluding carboxylic acids is 1. The molecule has 0 bridgehead atoms. The Morgan fingerprint density at radius 1 is 1.53 bits per heavy atom. The number of hydrogen-bond acceptors (Lipinski definition) is 3. The van der Waals surface area contributed by atoms with Gasteiger partial charge in [0.1, 0.15) is 10.8 Å². The number of rotatable bonds is 5. The Labute approximate surface area is 104 Å². The fourth-order valence-corrected chi connectivity index (χ4v) is 1.48. The molecular formula is C11H14FN3OS. The summed E-state index contributed by atoms with van der Waals surface area (Å²) in [6, 6.07) is 4.13. The van der Waals surface area contributed by atoms with E-state index in [1.165, 1.54) is 12.1 Å². The van der Waals surface area contributed by atoms with E-state index in [0.717, 1.165) is 0 Å². The molecule has 6 heteroatoms. The summed E-state index contributed by atoms with van der Waals surface area (Å²) in [6.07, 6.45) is 0.324. The molecule has 4 nitrogen and oxygen atoms in total. The molecule has 0 unspecified atom stereocenters. The van der Waals surface area contributed by atoms with E-state index in [0.29, 0.717) is 24.2 Å². The Morgan fingerprint density at radius 2 is 2.24 bits per heavy atom. The van der Waals surface area contributed by atoms with Crippen LogP contribution < -0.4 is 16.4 Å². The molecule has 1 aromatic carbocycles. The molecule has 1 aromatic rings. The maximum absolute atomic E-state index is 13.0. The summed E-state index contributed by atoms with van der Waals surface area (Å²) in [5, 5.41) is 5.50. The number of nitrogens with one attached hydrogen (secondary N) is 2. The predicted molar refractivity (Wildman–Crippen MR) is 69.5 cm³/mol. The van der Waals surface area contributed by atoms with Crippen molar-refractivity contribution in [3.05, 3.63) is 29.6 Å². The Hall–Kier alpha value is -1.69. The van der Waals surface area contributed by atoms with Crippen LogP contribution in [-0.4, -0.2) is 24.5 Å². The summed E-state index contributed by atoms with van der Waals surface area (Å²) in [5.74, 6) is -0.471. The van der Waals surface area contributed by atoms with Gasteiger partial charge in [-0.05, 0) is 18.2 Å². The zero-order valence-corrected chi connectivity index (χ0v) is 10.2. The summed E-state index contributed by atoms with van der Waals surface area (Å²) in [6.45, 7) is 0.431. The molecule has 4 N–H and O–H groups in total. The number of thiocarbonyl (C=S) groups is 1. The van der Waals surface area contributed by atoms with Gasteiger partial charge in [-0.1, -0.05) is 12.2 Å². The number of amides is 1. The van der Waals surface area contributed by atoms with Gasteiger partial charge < -0.3 is 16.4 Å². The zero-order chi connectivity index (χ0) is 12.8. The molecule has 0 heterocycles. The molecular weight excluding hydrogens is 241 g/mol. The van der Waals surface area contributed by atoms with Crippen LogP contribution in [0.3, 0.4) is 0 Å². The van der Waals surface area contributed by atoms with Crippen LogP contribution in [0.1, 0.15) is 12.0 Å². The molecule has 0 aliphatic rings. The first kappa shape index (κ1) is 13.4. The average molecular weight is 255 g/mol. The highest BCUT2D eigenvalue weighted by Gasteiger charge is 2.07. The Balaban J connectivity index is 2.70. The standard InChI is InChI=1S/C11H14FN3OS/c1-14-10(16)4-5-15-9-3-2-7(12)6-8(9)11(13)17/h2-3,6,15H,4-5H2,1H3,(H2,13,17)(H,14,16). The number of nitrogens with two attached hydrogens (primary N) is 1. The Bertz CT molecular complexity index is 437. The SMILES string of the molecule is CNC(=O)CCNc1ccc(F)cc1C(N)=S. The number of hydrogen-bond donors (Lipinski definition) is 3. The molecule has 0 radical (unpaired) electrons. The first-order chi connectivity index (χ1) is 8.04. The first-order valence-corrected chi connectivity index (χ1v) is 5.49. The van der Waals surface area contributed by atoms with Crippen LogP contribution in [0.4, 0.5) is 10.1 Å². The topological polar surface area (TPSA) is 67.2 Å². The summed E-state index contributed by atoms with van der Waals surface area (Å²) in [5.41, 5.74) is 6.56. The van der Waals surface area contributed by atoms with Crippen molar-refractivity contribution in [3.8, 4) is 0 Å². The molecule has 0 saturated heterocycles. The second-order valence-electron chi connectivity index (χ2n) is 3.40. The van der Waals surface area contributed by atoms with Crippen LogP contribution in [0.15, 0.2) is 18.2 Å². The summed E-state index contributed by atoms with van der Waals surface area (Å²) >= 11 is 4.83. The maximum Gasteiger partial charge on any atom is 0.221 e. The molecule has 0 aliphatic carbocycles. The van der Waals surface area contributed by atoms with Crippen LogP contribution in [0.5, 0.6) is 0 Å². The third-order valence-electron chi connectivity index (χ3n) is 2.19. The number of carbonyl (C=O) groups is 1. The van der Waals surface area contributed by atoms with E-state index in [1.807, 2.05) is 0 Å². The Kier molecular flexibility index (Phi) is 4.84. The fourth-order valence-electron chi connectivity index (χ4n) is 1.31. The first-order valence-electron chi connectivity index (χ1n) is 5.08. The smallest absolute Gasteiger partial charge is 0.221 e. The molecule has 0 spiro atoms. The van der Waals surface area contributed by atoms with Gasteiger partial charge in [-0.2, -0.15) is 0 Å². The Morgan fingerprint density at radius 3 is 2.82 bits per heavy atom. The lowest BCUT2D eigenvalue weighted by Crippen LogP contribution is -2.21. The third kappa shape index (κ3) is 3.99. The van der Waals surface area contributed by atoms with Gasteiger partial charge in [0.05, 0.1) is 0 Å². The molecule has 0 fully saturated rings. The van der Waals surface area contributed by atoms with Gasteiger partial charge in [-0.3, -0.25) is 4.79 Å². The van der Waals surface area contributed by atoms with E-state index in [-0.39, 0.29) is 10.9 Å². The van der Waals surface area contributed by atoms with E-state index >= 15 is 0 Å². The van der Waals surface area contributed by atoms with Crippen molar-refractivity contribution < 1.29 is 9.18 Å². The van der Waals surface area contributed by atoms with Crippen LogP contribution in [0.2, 0.25) is 0 Å². The van der Waals surface area contributed by atoms with Crippen molar-refractivity contribution in [2.45, 2.75) is 6.42 Å². The number of benzene rings is 1. The molecule has 0 saturated carbocycles. The maximum atomic E-state index is 13.0. The summed E-state index contributed by atoms with van der Waals surface area (Å²) < 4.78 is 13.0. The third-order valence-corrected chi connectivity index (χ3v) is 2.41. The lowest BCUT2D eigenvalue weighted by molar-refractivity contribution is -0.120. The monoisotopic (exact) mass is 255 g/mol. The lowest BCUT2D eigenvalue weighted by Gasteiger charge is -2.10. The van der Waals surface area contributed by atoms with Crippen LogP contribution in [-0.2, 0) is 4.79 Å². The lowest BCUT2D eigenvalue weighted by atomic mass is 10.1. The molecule has 0 aromatic heterocycles. The van der Waals surface area contributed by atoms with Gasteiger partial charge in [0, 0.05) is 31.3 Å². The van der Waals surface area contributed by atoms with Gasteiger partial charge >= 0.3 is 0 Å². The van der Waals surface area contributed by atoms with Crippen molar-refractivity contribution in [2.75, 3.05) is 18.9 Å². The van der Waals surface area contributed by atoms with Gasteiger partial charge in [0.25, 0.3) is 0 Å². The normalized spacial score (nSPS) is 9.76. The molecule has 1 rings (SSSR count). The van der Waals surface area contributed by atoms with Crippen molar-refractivity contribution in [2.24, 2.45) is 5.73 Å². The fraction of sp³-hybridized carbons (Fsp3) is 0.273. The van der Waals surface area contributed by atoms with Crippen LogP contribution in [0, 0.1) is 5.82 Å². The van der Waals surface area contributed by atoms with E-state index in [4.69, 9.17) is 18.0 Å². The van der Waals surface area contributed by atoms with Gasteiger partial charge in [0.2, 0.25) is 5.91 Å². The highest BCUT2D eigenvalue weighted by molar-refractivity contribution is 7.80. The largest absolute Gasteiger partial charge is 0.389 e. The molecule has 17 heavy (non-hydrogen) atoms. The van der Waals surface area contributed by atoms with Crippen molar-refractivity contribution in [1.29, 1.82) is 0 Å². The van der Waals surface area contributed by atoms with Gasteiger partial charge in [-0.25, -0.2) is 4.39 Å². The molecule has 1 amide bonds. The minimum atomic E-state index is -0.398. The van der Waals surface area contributed by atoms with Crippen LogP contribution >= 0.6 is 12.2 Å². The van der Waals surface area contributed by atoms with Crippen molar-refractivity contribution in [1.82, 2.24) is 5.32 Å². The zero-order valence-electron chi connectivity index (χ0n) is 9.42. The summed E-state index contributed by atoms with van der Waals surface area (Å²) in [4.78, 5) is 11.1. The predicted octanol–water partition coefficient (Wildman–Crippen LogP) is 1.01. The molecule has 0 atom stereocenters. The number of anilines is 1. The number of halogens is 1. The molecule has 0 aliphatic heterocycles. The van der Waals surface area contributed by atoms with E-state index in [2.05, 4.69) is 10.6 Å². The second kappa shape index (κ2) is 6.15. The summed E-state index contributed by atoms with van der Waals surface area (Å²) in [7, 11) is 1.57. The molecule has 92 valence electrons. The van der Waals surface area contributed by atoms with Crippen LogP contribution in [0.25, 0.3) is 0 Å². The highest BCUT2D eigenvalue weighted by Crippen LogP contribution is 2.16. The quantitative estimate of drug-likeness (QED) is 0.687. The van der Waals surface area contributed by atoms with E-state index in [1.54, 1.807) is 13.1 Å². The van der Waals surface area contributed by atoms with Gasteiger partial charge in [0.15, 0.2) is 0 Å². The minimum absolute atomic E-state index is 0.0727. The van der Waals surface area contributed by atoms with E-state index in [9.17, 15) is 9.18 Å².